The highest BCUT2D eigenvalue weighted by molar-refractivity contribution is 4.75. The van der Waals surface area contributed by atoms with Crippen molar-refractivity contribution in [3.8, 4) is 0 Å². The first kappa shape index (κ1) is 16.1. The van der Waals surface area contributed by atoms with Gasteiger partial charge in [-0.3, -0.25) is 0 Å². The molecule has 0 aromatic carbocycles. The maximum Gasteiger partial charge on any atom is -0.0352 e. The van der Waals surface area contributed by atoms with Gasteiger partial charge < -0.3 is 0 Å². The Labute approximate surface area is 116 Å². The van der Waals surface area contributed by atoms with Gasteiger partial charge in [0.05, 0.1) is 0 Å². The summed E-state index contributed by atoms with van der Waals surface area (Å²) in [6, 6.07) is 0. The fraction of sp³-hybridized carbons (Fsp3) is 1.00. The Hall–Kier alpha value is 0. The van der Waals surface area contributed by atoms with Gasteiger partial charge in [0.25, 0.3) is 0 Å². The van der Waals surface area contributed by atoms with Crippen molar-refractivity contribution >= 4 is 0 Å². The second kappa shape index (κ2) is 6.96. The van der Waals surface area contributed by atoms with Crippen molar-refractivity contribution in [3.63, 3.8) is 0 Å². The van der Waals surface area contributed by atoms with Gasteiger partial charge in [-0.05, 0) is 42.4 Å². The summed E-state index contributed by atoms with van der Waals surface area (Å²) in [6.45, 7) is 12.4. The lowest BCUT2D eigenvalue weighted by Gasteiger charge is -2.29. The molecule has 0 N–H and O–H groups in total. The highest BCUT2D eigenvalue weighted by atomic mass is 14.3. The predicted molar refractivity (Wildman–Crippen MR) is 82.9 cm³/mol. The predicted octanol–water partition coefficient (Wildman–Crippen LogP) is 6.59. The molecule has 1 fully saturated rings. The summed E-state index contributed by atoms with van der Waals surface area (Å²) in [4.78, 5) is 0. The van der Waals surface area contributed by atoms with Crippen LogP contribution in [0.3, 0.4) is 0 Å². The van der Waals surface area contributed by atoms with Crippen molar-refractivity contribution in [1.82, 2.24) is 0 Å². The molecule has 0 aliphatic heterocycles. The third kappa shape index (κ3) is 6.81. The summed E-state index contributed by atoms with van der Waals surface area (Å²) in [5.74, 6) is 0.913. The molecule has 0 bridgehead atoms. The van der Waals surface area contributed by atoms with Crippen LogP contribution in [0.15, 0.2) is 0 Å². The summed E-state index contributed by atoms with van der Waals surface area (Å²) in [5.41, 5.74) is 1.16. The van der Waals surface area contributed by atoms with Gasteiger partial charge in [0.15, 0.2) is 0 Å². The average Bonchev–Trinajstić information content (AvgIpc) is 2.21. The van der Waals surface area contributed by atoms with Crippen LogP contribution in [0.2, 0.25) is 0 Å². The van der Waals surface area contributed by atoms with E-state index in [-0.39, 0.29) is 0 Å². The molecule has 108 valence electrons. The topological polar surface area (TPSA) is 0 Å². The fourth-order valence-electron chi connectivity index (χ4n) is 3.76. The van der Waals surface area contributed by atoms with E-state index in [2.05, 4.69) is 34.6 Å². The molecule has 18 heavy (non-hydrogen) atoms. The lowest BCUT2D eigenvalue weighted by molar-refractivity contribution is 0.233. The molecular weight excluding hydrogens is 216 g/mol. The van der Waals surface area contributed by atoms with Gasteiger partial charge in [-0.25, -0.2) is 0 Å². The van der Waals surface area contributed by atoms with E-state index in [4.69, 9.17) is 0 Å². The molecule has 1 rings (SSSR count). The van der Waals surface area contributed by atoms with E-state index in [0.717, 1.165) is 5.92 Å². The van der Waals surface area contributed by atoms with Gasteiger partial charge >= 0.3 is 0 Å². The minimum Gasteiger partial charge on any atom is -0.0625 e. The van der Waals surface area contributed by atoms with Crippen molar-refractivity contribution in [3.05, 3.63) is 0 Å². The minimum absolute atomic E-state index is 0.572. The molecule has 0 aromatic heterocycles. The van der Waals surface area contributed by atoms with Crippen LogP contribution in [0.25, 0.3) is 0 Å². The normalized spacial score (nSPS) is 30.8. The minimum atomic E-state index is 0.572. The fourth-order valence-corrected chi connectivity index (χ4v) is 3.76. The third-order valence-corrected chi connectivity index (χ3v) is 4.91. The zero-order valence-corrected chi connectivity index (χ0v) is 13.6. The molecule has 0 amide bonds. The van der Waals surface area contributed by atoms with Crippen LogP contribution in [0, 0.1) is 16.7 Å². The largest absolute Gasteiger partial charge is 0.0625 e. The summed E-state index contributed by atoms with van der Waals surface area (Å²) in [6.07, 6.45) is 14.4. The smallest absolute Gasteiger partial charge is 0.0352 e. The SMILES string of the molecule is CC1CCCC(C)(C)CCCCCCC(C)(C)C1. The van der Waals surface area contributed by atoms with Crippen LogP contribution >= 0.6 is 0 Å². The Kier molecular flexibility index (Phi) is 6.21. The number of hydrogen-bond acceptors (Lipinski definition) is 0. The molecule has 1 aliphatic carbocycles. The molecular formula is C18H36. The molecule has 0 aromatic rings. The van der Waals surface area contributed by atoms with Gasteiger partial charge in [-0.1, -0.05) is 73.1 Å². The van der Waals surface area contributed by atoms with Crippen molar-refractivity contribution in [2.75, 3.05) is 0 Å². The maximum absolute atomic E-state index is 2.48. The second-order valence-electron chi connectivity index (χ2n) is 8.44. The second-order valence-corrected chi connectivity index (χ2v) is 8.44. The highest BCUT2D eigenvalue weighted by Gasteiger charge is 2.23. The summed E-state index contributed by atoms with van der Waals surface area (Å²) in [7, 11) is 0. The Morgan fingerprint density at radius 2 is 1.17 bits per heavy atom. The Balaban J connectivity index is 2.51. The van der Waals surface area contributed by atoms with E-state index >= 15 is 0 Å². The van der Waals surface area contributed by atoms with E-state index < -0.39 is 0 Å². The van der Waals surface area contributed by atoms with E-state index in [1.165, 1.54) is 64.2 Å². The average molecular weight is 252 g/mol. The van der Waals surface area contributed by atoms with Gasteiger partial charge in [0.1, 0.15) is 0 Å². The molecule has 0 spiro atoms. The molecule has 1 unspecified atom stereocenters. The molecule has 0 heterocycles. The van der Waals surface area contributed by atoms with Crippen LogP contribution in [0.5, 0.6) is 0 Å². The highest BCUT2D eigenvalue weighted by Crippen LogP contribution is 2.36. The summed E-state index contributed by atoms with van der Waals surface area (Å²) in [5, 5.41) is 0. The molecule has 0 heteroatoms. The monoisotopic (exact) mass is 252 g/mol. The van der Waals surface area contributed by atoms with Crippen molar-refractivity contribution in [1.29, 1.82) is 0 Å². The first-order valence-electron chi connectivity index (χ1n) is 8.31. The van der Waals surface area contributed by atoms with E-state index in [1.54, 1.807) is 0 Å². The zero-order valence-electron chi connectivity index (χ0n) is 13.6. The zero-order chi connectivity index (χ0) is 13.6. The van der Waals surface area contributed by atoms with Gasteiger partial charge in [-0.15, -0.1) is 0 Å². The number of hydrogen-bond donors (Lipinski definition) is 0. The van der Waals surface area contributed by atoms with Gasteiger partial charge in [-0.2, -0.15) is 0 Å². The summed E-state index contributed by atoms with van der Waals surface area (Å²) < 4.78 is 0. The van der Waals surface area contributed by atoms with Crippen LogP contribution in [-0.4, -0.2) is 0 Å². The van der Waals surface area contributed by atoms with Gasteiger partial charge in [0, 0.05) is 0 Å². The Morgan fingerprint density at radius 1 is 0.667 bits per heavy atom. The van der Waals surface area contributed by atoms with Crippen LogP contribution in [0.4, 0.5) is 0 Å². The van der Waals surface area contributed by atoms with E-state index in [1.807, 2.05) is 0 Å². The van der Waals surface area contributed by atoms with Crippen molar-refractivity contribution in [2.45, 2.75) is 98.8 Å². The molecule has 0 saturated heterocycles. The van der Waals surface area contributed by atoms with Crippen LogP contribution < -0.4 is 0 Å². The molecule has 1 aliphatic rings. The van der Waals surface area contributed by atoms with Crippen LogP contribution in [-0.2, 0) is 0 Å². The molecule has 0 nitrogen and oxygen atoms in total. The van der Waals surface area contributed by atoms with Gasteiger partial charge in [0.2, 0.25) is 0 Å². The quantitative estimate of drug-likeness (QED) is 0.456. The summed E-state index contributed by atoms with van der Waals surface area (Å²) >= 11 is 0. The van der Waals surface area contributed by atoms with Crippen molar-refractivity contribution < 1.29 is 0 Å². The van der Waals surface area contributed by atoms with E-state index in [0.29, 0.717) is 10.8 Å². The maximum atomic E-state index is 2.48. The molecule has 0 radical (unpaired) electrons. The first-order chi connectivity index (χ1) is 8.31. The first-order valence-corrected chi connectivity index (χ1v) is 8.31. The standard InChI is InChI=1S/C18H36/c1-16-11-10-14-17(2,3)12-8-6-7-9-13-18(4,5)15-16/h16H,6-15H2,1-5H3. The molecule has 1 atom stereocenters. The molecule has 1 saturated carbocycles. The lowest BCUT2D eigenvalue weighted by Crippen LogP contribution is -2.16. The Morgan fingerprint density at radius 3 is 1.78 bits per heavy atom. The van der Waals surface area contributed by atoms with E-state index in [9.17, 15) is 0 Å². The van der Waals surface area contributed by atoms with Crippen LogP contribution in [0.1, 0.15) is 98.8 Å². The van der Waals surface area contributed by atoms with Crippen molar-refractivity contribution in [2.24, 2.45) is 16.7 Å². The lowest BCUT2D eigenvalue weighted by atomic mass is 9.77. The third-order valence-electron chi connectivity index (χ3n) is 4.91. The number of rotatable bonds is 0. The Bertz CT molecular complexity index is 224.